The van der Waals surface area contributed by atoms with E-state index in [4.69, 9.17) is 0 Å². The lowest BCUT2D eigenvalue weighted by Crippen LogP contribution is -1.99. The Bertz CT molecular complexity index is 208. The second-order valence-corrected chi connectivity index (χ2v) is 8.15. The van der Waals surface area contributed by atoms with Gasteiger partial charge in [-0.3, -0.25) is 0 Å². The Balaban J connectivity index is 3.23. The molecule has 0 N–H and O–H groups in total. The molecule has 1 unspecified atom stereocenters. The van der Waals surface area contributed by atoms with Gasteiger partial charge in [0.15, 0.2) is 0 Å². The fourth-order valence-electron chi connectivity index (χ4n) is 3.86. The van der Waals surface area contributed by atoms with Crippen molar-refractivity contribution in [3.8, 4) is 0 Å². The Morgan fingerprint density at radius 2 is 0.667 bits per heavy atom. The van der Waals surface area contributed by atoms with Gasteiger partial charge < -0.3 is 0 Å². The average Bonchev–Trinajstić information content (AvgIpc) is 2.60. The van der Waals surface area contributed by atoms with E-state index in [1.165, 1.54) is 128 Å². The lowest BCUT2D eigenvalue weighted by atomic mass is 9.92. The summed E-state index contributed by atoms with van der Waals surface area (Å²) >= 11 is 0. The molecule has 0 amide bonds. The standard InChI is InChI=1S/C24H50/c1-4-7-9-11-12-13-14-15-16-17-19-21-23-24(6-3)22-20-18-10-8-5-2/h24H,4-23H2,1-3H3. The third kappa shape index (κ3) is 18.3. The molecule has 0 rings (SSSR count). The smallest absolute Gasteiger partial charge is 0.0417 e. The van der Waals surface area contributed by atoms with E-state index in [1.807, 2.05) is 0 Å². The summed E-state index contributed by atoms with van der Waals surface area (Å²) in [6.07, 6.45) is 29.3. The van der Waals surface area contributed by atoms with Crippen LogP contribution in [0.5, 0.6) is 0 Å². The van der Waals surface area contributed by atoms with E-state index in [1.54, 1.807) is 0 Å². The molecule has 0 aromatic heterocycles. The summed E-state index contributed by atoms with van der Waals surface area (Å²) in [6, 6.07) is 0. The lowest BCUT2D eigenvalue weighted by Gasteiger charge is -2.14. The van der Waals surface area contributed by atoms with E-state index >= 15 is 0 Å². The molecule has 24 heavy (non-hydrogen) atoms. The zero-order valence-electron chi connectivity index (χ0n) is 17.7. The van der Waals surface area contributed by atoms with Crippen molar-refractivity contribution in [2.45, 2.75) is 149 Å². The number of rotatable bonds is 20. The Morgan fingerprint density at radius 1 is 0.375 bits per heavy atom. The molecular formula is C24H50. The molecule has 0 spiro atoms. The van der Waals surface area contributed by atoms with E-state index in [0.717, 1.165) is 5.92 Å². The minimum Gasteiger partial charge on any atom is -0.0654 e. The molecule has 0 heteroatoms. The van der Waals surface area contributed by atoms with Gasteiger partial charge in [0.05, 0.1) is 0 Å². The maximum absolute atomic E-state index is 2.40. The van der Waals surface area contributed by atoms with Crippen molar-refractivity contribution in [2.75, 3.05) is 0 Å². The van der Waals surface area contributed by atoms with Crippen molar-refractivity contribution in [1.29, 1.82) is 0 Å². The van der Waals surface area contributed by atoms with Gasteiger partial charge >= 0.3 is 0 Å². The fourth-order valence-corrected chi connectivity index (χ4v) is 3.86. The van der Waals surface area contributed by atoms with Crippen LogP contribution in [-0.4, -0.2) is 0 Å². The monoisotopic (exact) mass is 338 g/mol. The summed E-state index contributed by atoms with van der Waals surface area (Å²) in [7, 11) is 0. The van der Waals surface area contributed by atoms with E-state index in [0.29, 0.717) is 0 Å². The molecule has 0 saturated carbocycles. The summed E-state index contributed by atoms with van der Waals surface area (Å²) in [6.45, 7) is 7.01. The zero-order chi connectivity index (χ0) is 17.7. The third-order valence-corrected chi connectivity index (χ3v) is 5.76. The summed E-state index contributed by atoms with van der Waals surface area (Å²) in [5, 5.41) is 0. The quantitative estimate of drug-likeness (QED) is 0.194. The van der Waals surface area contributed by atoms with Crippen LogP contribution in [0.15, 0.2) is 0 Å². The molecular weight excluding hydrogens is 288 g/mol. The van der Waals surface area contributed by atoms with Crippen molar-refractivity contribution < 1.29 is 0 Å². The van der Waals surface area contributed by atoms with Gasteiger partial charge in [-0.05, 0) is 5.92 Å². The lowest BCUT2D eigenvalue weighted by molar-refractivity contribution is 0.393. The Labute approximate surface area is 155 Å². The van der Waals surface area contributed by atoms with Crippen LogP contribution in [0.25, 0.3) is 0 Å². The van der Waals surface area contributed by atoms with Crippen LogP contribution in [-0.2, 0) is 0 Å². The van der Waals surface area contributed by atoms with E-state index in [9.17, 15) is 0 Å². The molecule has 0 aromatic rings. The van der Waals surface area contributed by atoms with Gasteiger partial charge in [0.25, 0.3) is 0 Å². The highest BCUT2D eigenvalue weighted by atomic mass is 14.1. The molecule has 0 nitrogen and oxygen atoms in total. The molecule has 0 heterocycles. The molecule has 146 valence electrons. The first kappa shape index (κ1) is 24.0. The molecule has 0 aromatic carbocycles. The second kappa shape index (κ2) is 21.0. The summed E-state index contributed by atoms with van der Waals surface area (Å²) in [5.41, 5.74) is 0. The highest BCUT2D eigenvalue weighted by Gasteiger charge is 2.05. The molecule has 0 bridgehead atoms. The fraction of sp³-hybridized carbons (Fsp3) is 1.00. The van der Waals surface area contributed by atoms with E-state index in [-0.39, 0.29) is 0 Å². The minimum atomic E-state index is 1.02. The maximum Gasteiger partial charge on any atom is -0.0417 e. The van der Waals surface area contributed by atoms with Crippen LogP contribution in [0, 0.1) is 5.92 Å². The first-order valence-corrected chi connectivity index (χ1v) is 11.8. The number of unbranched alkanes of at least 4 members (excludes halogenated alkanes) is 15. The highest BCUT2D eigenvalue weighted by molar-refractivity contribution is 4.59. The second-order valence-electron chi connectivity index (χ2n) is 8.15. The number of hydrogen-bond donors (Lipinski definition) is 0. The van der Waals surface area contributed by atoms with Crippen molar-refractivity contribution in [2.24, 2.45) is 5.92 Å². The van der Waals surface area contributed by atoms with Crippen LogP contribution in [0.2, 0.25) is 0 Å². The molecule has 0 aliphatic heterocycles. The number of hydrogen-bond acceptors (Lipinski definition) is 0. The van der Waals surface area contributed by atoms with Crippen LogP contribution >= 0.6 is 0 Å². The van der Waals surface area contributed by atoms with E-state index in [2.05, 4.69) is 20.8 Å². The molecule has 0 aliphatic rings. The van der Waals surface area contributed by atoms with Crippen LogP contribution in [0.4, 0.5) is 0 Å². The Hall–Kier alpha value is 0. The average molecular weight is 339 g/mol. The van der Waals surface area contributed by atoms with Gasteiger partial charge in [-0.25, -0.2) is 0 Å². The van der Waals surface area contributed by atoms with Gasteiger partial charge in [-0.15, -0.1) is 0 Å². The predicted octanol–water partition coefficient (Wildman–Crippen LogP) is 9.46. The molecule has 0 saturated heterocycles. The zero-order valence-corrected chi connectivity index (χ0v) is 17.7. The Kier molecular flexibility index (Phi) is 21.0. The Morgan fingerprint density at radius 3 is 0.958 bits per heavy atom. The van der Waals surface area contributed by atoms with Crippen molar-refractivity contribution >= 4 is 0 Å². The minimum absolute atomic E-state index is 1.02. The molecule has 0 fully saturated rings. The van der Waals surface area contributed by atoms with Crippen LogP contribution in [0.1, 0.15) is 149 Å². The first-order chi connectivity index (χ1) is 11.8. The first-order valence-electron chi connectivity index (χ1n) is 11.8. The van der Waals surface area contributed by atoms with E-state index < -0.39 is 0 Å². The summed E-state index contributed by atoms with van der Waals surface area (Å²) < 4.78 is 0. The van der Waals surface area contributed by atoms with Crippen molar-refractivity contribution in [3.05, 3.63) is 0 Å². The van der Waals surface area contributed by atoms with Gasteiger partial charge in [-0.1, -0.05) is 149 Å². The van der Waals surface area contributed by atoms with Gasteiger partial charge in [0.1, 0.15) is 0 Å². The normalized spacial score (nSPS) is 12.6. The van der Waals surface area contributed by atoms with Crippen LogP contribution < -0.4 is 0 Å². The third-order valence-electron chi connectivity index (χ3n) is 5.76. The van der Waals surface area contributed by atoms with Gasteiger partial charge in [0.2, 0.25) is 0 Å². The van der Waals surface area contributed by atoms with Gasteiger partial charge in [-0.2, -0.15) is 0 Å². The molecule has 1 atom stereocenters. The topological polar surface area (TPSA) is 0 Å². The molecule has 0 radical (unpaired) electrons. The maximum atomic E-state index is 2.40. The largest absolute Gasteiger partial charge is 0.0654 e. The SMILES string of the molecule is CCCCCCCCCCCCCCC(CC)CCCCCCC. The highest BCUT2D eigenvalue weighted by Crippen LogP contribution is 2.21. The van der Waals surface area contributed by atoms with Crippen molar-refractivity contribution in [3.63, 3.8) is 0 Å². The summed E-state index contributed by atoms with van der Waals surface area (Å²) in [4.78, 5) is 0. The van der Waals surface area contributed by atoms with Gasteiger partial charge in [0, 0.05) is 0 Å². The van der Waals surface area contributed by atoms with Crippen LogP contribution in [0.3, 0.4) is 0 Å². The predicted molar refractivity (Wildman–Crippen MR) is 113 cm³/mol. The van der Waals surface area contributed by atoms with Crippen molar-refractivity contribution in [1.82, 2.24) is 0 Å². The summed E-state index contributed by atoms with van der Waals surface area (Å²) in [5.74, 6) is 1.02. The molecule has 0 aliphatic carbocycles.